The monoisotopic (exact) mass is 307 g/mol. The Balaban J connectivity index is 1.69. The summed E-state index contributed by atoms with van der Waals surface area (Å²) in [4.78, 5) is 14.4. The number of aromatic hydroxyl groups is 1. The summed E-state index contributed by atoms with van der Waals surface area (Å²) in [7, 11) is 0. The van der Waals surface area contributed by atoms with Crippen LogP contribution in [0.4, 0.5) is 0 Å². The lowest BCUT2D eigenvalue weighted by molar-refractivity contribution is 0.0470. The van der Waals surface area contributed by atoms with Gasteiger partial charge in [-0.1, -0.05) is 30.9 Å². The van der Waals surface area contributed by atoms with Gasteiger partial charge in [-0.3, -0.25) is 4.79 Å². The number of likely N-dealkylation sites (tertiary alicyclic amines) is 1. The van der Waals surface area contributed by atoms with E-state index in [1.165, 1.54) is 38.2 Å². The number of rotatable bonds is 1. The molecule has 1 spiro atoms. The average Bonchev–Trinajstić information content (AvgIpc) is 2.51. The first kappa shape index (κ1) is 14.7. The van der Waals surface area contributed by atoms with Gasteiger partial charge in [-0.2, -0.15) is 0 Å². The number of carbonyl (C=O) groups excluding carboxylic acids is 1. The van der Waals surface area contributed by atoms with Crippen LogP contribution in [0.3, 0.4) is 0 Å². The third kappa shape index (κ3) is 3.03. The fraction of sp³-hybridized carbons (Fsp3) is 0.588. The van der Waals surface area contributed by atoms with Crippen molar-refractivity contribution < 1.29 is 9.90 Å². The predicted molar refractivity (Wildman–Crippen MR) is 83.8 cm³/mol. The quantitative estimate of drug-likeness (QED) is 0.843. The third-order valence-electron chi connectivity index (χ3n) is 5.21. The zero-order valence-electron chi connectivity index (χ0n) is 12.3. The van der Waals surface area contributed by atoms with Crippen molar-refractivity contribution >= 4 is 17.5 Å². The highest BCUT2D eigenvalue weighted by Crippen LogP contribution is 2.44. The number of phenols is 1. The molecule has 1 aromatic carbocycles. The molecule has 3 rings (SSSR count). The predicted octanol–water partition coefficient (Wildman–Crippen LogP) is 4.23. The van der Waals surface area contributed by atoms with Crippen molar-refractivity contribution in [3.63, 3.8) is 0 Å². The van der Waals surface area contributed by atoms with Crippen molar-refractivity contribution in [2.45, 2.75) is 44.9 Å². The van der Waals surface area contributed by atoms with Crippen LogP contribution in [-0.2, 0) is 0 Å². The van der Waals surface area contributed by atoms with Crippen molar-refractivity contribution in [1.82, 2.24) is 4.90 Å². The third-order valence-corrected chi connectivity index (χ3v) is 5.45. The Morgan fingerprint density at radius 2 is 1.76 bits per heavy atom. The Hall–Kier alpha value is -1.22. The second kappa shape index (κ2) is 5.88. The molecule has 0 aromatic heterocycles. The van der Waals surface area contributed by atoms with Crippen LogP contribution < -0.4 is 0 Å². The molecular formula is C17H22ClNO2. The Labute approximate surface area is 130 Å². The van der Waals surface area contributed by atoms with Gasteiger partial charge < -0.3 is 10.0 Å². The number of halogens is 1. The number of hydrogen-bond acceptors (Lipinski definition) is 2. The van der Waals surface area contributed by atoms with Crippen LogP contribution in [0.2, 0.25) is 5.02 Å². The number of piperidine rings is 1. The maximum absolute atomic E-state index is 12.6. The van der Waals surface area contributed by atoms with Gasteiger partial charge in [-0.05, 0) is 49.3 Å². The zero-order valence-corrected chi connectivity index (χ0v) is 13.0. The van der Waals surface area contributed by atoms with Gasteiger partial charge in [0.2, 0.25) is 0 Å². The smallest absolute Gasteiger partial charge is 0.257 e. The molecule has 0 atom stereocenters. The van der Waals surface area contributed by atoms with Crippen LogP contribution in [0, 0.1) is 5.41 Å². The minimum absolute atomic E-state index is 0.0161. The number of carbonyl (C=O) groups is 1. The van der Waals surface area contributed by atoms with Crippen molar-refractivity contribution in [3.05, 3.63) is 28.8 Å². The van der Waals surface area contributed by atoms with Crippen molar-refractivity contribution in [2.24, 2.45) is 5.41 Å². The SMILES string of the molecule is O=C(c1cc(Cl)ccc1O)N1CCC2(CCCCC2)CC1. The molecule has 1 saturated heterocycles. The average molecular weight is 308 g/mol. The Morgan fingerprint density at radius 1 is 1.10 bits per heavy atom. The topological polar surface area (TPSA) is 40.5 Å². The molecule has 3 nitrogen and oxygen atoms in total. The molecule has 4 heteroatoms. The number of amides is 1. The van der Waals surface area contributed by atoms with E-state index < -0.39 is 0 Å². The maximum Gasteiger partial charge on any atom is 0.257 e. The summed E-state index contributed by atoms with van der Waals surface area (Å²) in [6.45, 7) is 1.59. The summed E-state index contributed by atoms with van der Waals surface area (Å²) in [5, 5.41) is 10.4. The second-order valence-corrected chi connectivity index (χ2v) is 6.95. The van der Waals surface area contributed by atoms with Crippen LogP contribution >= 0.6 is 11.6 Å². The molecule has 2 fully saturated rings. The lowest BCUT2D eigenvalue weighted by atomic mass is 9.68. The zero-order chi connectivity index (χ0) is 14.9. The highest BCUT2D eigenvalue weighted by atomic mass is 35.5. The van der Waals surface area contributed by atoms with E-state index >= 15 is 0 Å². The molecule has 0 radical (unpaired) electrons. The lowest BCUT2D eigenvalue weighted by Crippen LogP contribution is -2.43. The second-order valence-electron chi connectivity index (χ2n) is 6.51. The van der Waals surface area contributed by atoms with Crippen LogP contribution in [0.1, 0.15) is 55.3 Å². The highest BCUT2D eigenvalue weighted by Gasteiger charge is 2.37. The minimum atomic E-state index is -0.0966. The fourth-order valence-electron chi connectivity index (χ4n) is 3.84. The first-order valence-corrected chi connectivity index (χ1v) is 8.25. The van der Waals surface area contributed by atoms with Gasteiger partial charge in [0.05, 0.1) is 5.56 Å². The number of phenolic OH excluding ortho intramolecular Hbond substituents is 1. The molecule has 21 heavy (non-hydrogen) atoms. The van der Waals surface area contributed by atoms with Gasteiger partial charge in [0.1, 0.15) is 5.75 Å². The highest BCUT2D eigenvalue weighted by molar-refractivity contribution is 6.31. The Bertz CT molecular complexity index is 528. The maximum atomic E-state index is 12.6. The Kier molecular flexibility index (Phi) is 4.12. The number of hydrogen-bond donors (Lipinski definition) is 1. The summed E-state index contributed by atoms with van der Waals surface area (Å²) in [6, 6.07) is 4.65. The van der Waals surface area contributed by atoms with Crippen LogP contribution in [0.5, 0.6) is 5.75 Å². The summed E-state index contributed by atoms with van der Waals surface area (Å²) in [5.74, 6) is -0.0805. The van der Waals surface area contributed by atoms with Gasteiger partial charge in [-0.15, -0.1) is 0 Å². The Morgan fingerprint density at radius 3 is 2.43 bits per heavy atom. The molecule has 1 N–H and O–H groups in total. The fourth-order valence-corrected chi connectivity index (χ4v) is 4.01. The summed E-state index contributed by atoms with van der Waals surface area (Å²) >= 11 is 5.93. The first-order valence-electron chi connectivity index (χ1n) is 7.88. The standard InChI is InChI=1S/C17H22ClNO2/c18-13-4-5-15(20)14(12-13)16(21)19-10-8-17(9-11-19)6-2-1-3-7-17/h4-5,12,20H,1-3,6-11H2. The van der Waals surface area contributed by atoms with Gasteiger partial charge in [0.25, 0.3) is 5.91 Å². The summed E-state index contributed by atoms with van der Waals surface area (Å²) in [5.41, 5.74) is 0.799. The van der Waals surface area contributed by atoms with Gasteiger partial charge >= 0.3 is 0 Å². The molecule has 0 bridgehead atoms. The minimum Gasteiger partial charge on any atom is -0.507 e. The van der Waals surface area contributed by atoms with E-state index in [4.69, 9.17) is 11.6 Å². The molecule has 1 aliphatic carbocycles. The van der Waals surface area contributed by atoms with E-state index in [9.17, 15) is 9.90 Å². The van der Waals surface area contributed by atoms with Crippen LogP contribution in [-0.4, -0.2) is 29.0 Å². The van der Waals surface area contributed by atoms with Gasteiger partial charge in [0.15, 0.2) is 0 Å². The van der Waals surface area contributed by atoms with Gasteiger partial charge in [0, 0.05) is 18.1 Å². The molecule has 1 aromatic rings. The van der Waals surface area contributed by atoms with E-state index in [0.717, 1.165) is 25.9 Å². The summed E-state index contributed by atoms with van der Waals surface area (Å²) < 4.78 is 0. The number of benzene rings is 1. The van der Waals surface area contributed by atoms with Crippen LogP contribution in [0.15, 0.2) is 18.2 Å². The van der Waals surface area contributed by atoms with Crippen molar-refractivity contribution in [3.8, 4) is 5.75 Å². The number of nitrogens with zero attached hydrogens (tertiary/aromatic N) is 1. The molecule has 1 aliphatic heterocycles. The van der Waals surface area contributed by atoms with Crippen molar-refractivity contribution in [1.29, 1.82) is 0 Å². The van der Waals surface area contributed by atoms with Gasteiger partial charge in [-0.25, -0.2) is 0 Å². The van der Waals surface area contributed by atoms with Crippen LogP contribution in [0.25, 0.3) is 0 Å². The van der Waals surface area contributed by atoms with E-state index in [-0.39, 0.29) is 11.7 Å². The van der Waals surface area contributed by atoms with E-state index in [0.29, 0.717) is 16.0 Å². The first-order chi connectivity index (χ1) is 10.1. The molecule has 1 heterocycles. The molecule has 114 valence electrons. The normalized spacial score (nSPS) is 21.5. The molecular weight excluding hydrogens is 286 g/mol. The van der Waals surface area contributed by atoms with E-state index in [2.05, 4.69) is 0 Å². The molecule has 0 unspecified atom stereocenters. The molecule has 1 saturated carbocycles. The van der Waals surface area contributed by atoms with Crippen molar-refractivity contribution in [2.75, 3.05) is 13.1 Å². The molecule has 1 amide bonds. The van der Waals surface area contributed by atoms with E-state index in [1.807, 2.05) is 4.90 Å². The lowest BCUT2D eigenvalue weighted by Gasteiger charge is -2.44. The summed E-state index contributed by atoms with van der Waals surface area (Å²) in [6.07, 6.45) is 8.86. The van der Waals surface area contributed by atoms with E-state index in [1.54, 1.807) is 12.1 Å². The largest absolute Gasteiger partial charge is 0.507 e. The molecule has 2 aliphatic rings.